The van der Waals surface area contributed by atoms with Crippen LogP contribution in [0, 0.1) is 6.92 Å². The summed E-state index contributed by atoms with van der Waals surface area (Å²) in [6.45, 7) is 4.77. The molecule has 18 heavy (non-hydrogen) atoms. The molecule has 5 nitrogen and oxygen atoms in total. The Morgan fingerprint density at radius 1 is 1.22 bits per heavy atom. The number of hydrazine groups is 1. The zero-order chi connectivity index (χ0) is 13.0. The fourth-order valence-corrected chi connectivity index (χ4v) is 2.51. The van der Waals surface area contributed by atoms with Crippen molar-refractivity contribution in [3.8, 4) is 0 Å². The highest BCUT2D eigenvalue weighted by molar-refractivity contribution is 7.12. The number of hydrogen-bond acceptors (Lipinski definition) is 6. The highest BCUT2D eigenvalue weighted by atomic mass is 32.1. The van der Waals surface area contributed by atoms with E-state index < -0.39 is 0 Å². The molecular formula is C12H17N5S. The topological polar surface area (TPSA) is 75.9 Å². The smallest absolute Gasteiger partial charge is 0.145 e. The van der Waals surface area contributed by atoms with Crippen LogP contribution < -0.4 is 16.6 Å². The molecule has 0 aliphatic carbocycles. The molecule has 0 saturated carbocycles. The van der Waals surface area contributed by atoms with Crippen molar-refractivity contribution in [3.05, 3.63) is 33.8 Å². The summed E-state index contributed by atoms with van der Waals surface area (Å²) in [4.78, 5) is 11.1. The van der Waals surface area contributed by atoms with Crippen LogP contribution in [0.3, 0.4) is 0 Å². The summed E-state index contributed by atoms with van der Waals surface area (Å²) in [7, 11) is 0. The number of nitrogens with two attached hydrogens (primary N) is 1. The molecule has 2 aromatic rings. The van der Waals surface area contributed by atoms with Gasteiger partial charge in [0.15, 0.2) is 0 Å². The third kappa shape index (κ3) is 3.18. The van der Waals surface area contributed by atoms with Crippen LogP contribution in [-0.4, -0.2) is 9.97 Å². The van der Waals surface area contributed by atoms with E-state index in [1.807, 2.05) is 18.3 Å². The van der Waals surface area contributed by atoms with E-state index in [2.05, 4.69) is 39.8 Å². The van der Waals surface area contributed by atoms with E-state index in [4.69, 9.17) is 5.84 Å². The lowest BCUT2D eigenvalue weighted by atomic mass is 10.3. The normalized spacial score (nSPS) is 10.4. The van der Waals surface area contributed by atoms with Crippen molar-refractivity contribution in [1.29, 1.82) is 0 Å². The highest BCUT2D eigenvalue weighted by Crippen LogP contribution is 2.18. The number of hydrogen-bond donors (Lipinski definition) is 3. The lowest BCUT2D eigenvalue weighted by molar-refractivity contribution is 1.02. The largest absolute Gasteiger partial charge is 0.365 e. The van der Waals surface area contributed by atoms with E-state index in [0.29, 0.717) is 11.6 Å². The predicted molar refractivity (Wildman–Crippen MR) is 75.6 cm³/mol. The molecule has 2 rings (SSSR count). The first kappa shape index (κ1) is 12.8. The molecule has 6 heteroatoms. The standard InChI is InChI=1S/C12H17N5S/c1-3-9-4-5-10(18-9)7-14-11-6-12(17-13)16-8(2)15-11/h4-6H,3,7,13H2,1-2H3,(H2,14,15,16,17). The van der Waals surface area contributed by atoms with Crippen LogP contribution in [0.15, 0.2) is 18.2 Å². The van der Waals surface area contributed by atoms with E-state index >= 15 is 0 Å². The summed E-state index contributed by atoms with van der Waals surface area (Å²) in [5, 5.41) is 3.28. The second kappa shape index (κ2) is 5.79. The summed E-state index contributed by atoms with van der Waals surface area (Å²) in [5.74, 6) is 7.43. The molecule has 2 heterocycles. The van der Waals surface area contributed by atoms with Gasteiger partial charge in [-0.1, -0.05) is 6.92 Å². The van der Waals surface area contributed by atoms with Crippen molar-refractivity contribution in [2.45, 2.75) is 26.8 Å². The maximum Gasteiger partial charge on any atom is 0.145 e. The zero-order valence-electron chi connectivity index (χ0n) is 10.5. The maximum atomic E-state index is 5.35. The quantitative estimate of drug-likeness (QED) is 0.570. The van der Waals surface area contributed by atoms with Crippen LogP contribution in [-0.2, 0) is 13.0 Å². The monoisotopic (exact) mass is 263 g/mol. The van der Waals surface area contributed by atoms with E-state index in [0.717, 1.165) is 18.8 Å². The SMILES string of the molecule is CCc1ccc(CNc2cc(NN)nc(C)n2)s1. The first-order valence-corrected chi connectivity index (χ1v) is 6.66. The van der Waals surface area contributed by atoms with E-state index in [1.165, 1.54) is 9.75 Å². The predicted octanol–water partition coefficient (Wildman–Crippen LogP) is 2.31. The van der Waals surface area contributed by atoms with Gasteiger partial charge < -0.3 is 10.7 Å². The van der Waals surface area contributed by atoms with E-state index in [-0.39, 0.29) is 0 Å². The number of nitrogen functional groups attached to an aromatic ring is 1. The first-order chi connectivity index (χ1) is 8.71. The van der Waals surface area contributed by atoms with Crippen molar-refractivity contribution in [2.75, 3.05) is 10.7 Å². The Bertz CT molecular complexity index is 523. The molecule has 0 aromatic carbocycles. The number of aromatic nitrogens is 2. The minimum Gasteiger partial charge on any atom is -0.365 e. The van der Waals surface area contributed by atoms with Gasteiger partial charge in [-0.15, -0.1) is 11.3 Å². The Kier molecular flexibility index (Phi) is 4.11. The molecule has 0 amide bonds. The van der Waals surface area contributed by atoms with Crippen molar-refractivity contribution >= 4 is 23.0 Å². The molecule has 4 N–H and O–H groups in total. The minimum atomic E-state index is 0.616. The van der Waals surface area contributed by atoms with Crippen LogP contribution in [0.25, 0.3) is 0 Å². The van der Waals surface area contributed by atoms with Crippen LogP contribution in [0.4, 0.5) is 11.6 Å². The highest BCUT2D eigenvalue weighted by Gasteiger charge is 2.02. The number of anilines is 2. The Morgan fingerprint density at radius 3 is 2.61 bits per heavy atom. The zero-order valence-corrected chi connectivity index (χ0v) is 11.3. The molecular weight excluding hydrogens is 246 g/mol. The average Bonchev–Trinajstić information content (AvgIpc) is 2.83. The minimum absolute atomic E-state index is 0.616. The van der Waals surface area contributed by atoms with Gasteiger partial charge in [-0.3, -0.25) is 0 Å². The Morgan fingerprint density at radius 2 is 1.94 bits per heavy atom. The van der Waals surface area contributed by atoms with Crippen LogP contribution >= 0.6 is 11.3 Å². The maximum absolute atomic E-state index is 5.35. The van der Waals surface area contributed by atoms with Gasteiger partial charge in [0.1, 0.15) is 17.5 Å². The molecule has 0 bridgehead atoms. The second-order valence-corrected chi connectivity index (χ2v) is 5.16. The summed E-state index contributed by atoms with van der Waals surface area (Å²) < 4.78 is 0. The summed E-state index contributed by atoms with van der Waals surface area (Å²) in [6, 6.07) is 6.10. The van der Waals surface area contributed by atoms with Gasteiger partial charge >= 0.3 is 0 Å². The summed E-state index contributed by atoms with van der Waals surface area (Å²) in [5.41, 5.74) is 2.53. The molecule has 0 unspecified atom stereocenters. The van der Waals surface area contributed by atoms with Gasteiger partial charge in [-0.25, -0.2) is 15.8 Å². The molecule has 0 aliphatic heterocycles. The van der Waals surface area contributed by atoms with Gasteiger partial charge in [0, 0.05) is 15.8 Å². The third-order valence-electron chi connectivity index (χ3n) is 2.50. The first-order valence-electron chi connectivity index (χ1n) is 5.85. The lowest BCUT2D eigenvalue weighted by Crippen LogP contribution is -2.11. The van der Waals surface area contributed by atoms with Gasteiger partial charge in [0.2, 0.25) is 0 Å². The fraction of sp³-hybridized carbons (Fsp3) is 0.333. The lowest BCUT2D eigenvalue weighted by Gasteiger charge is -2.07. The van der Waals surface area contributed by atoms with E-state index in [9.17, 15) is 0 Å². The van der Waals surface area contributed by atoms with Gasteiger partial charge in [-0.2, -0.15) is 0 Å². The Balaban J connectivity index is 2.03. The van der Waals surface area contributed by atoms with Crippen LogP contribution in [0.5, 0.6) is 0 Å². The van der Waals surface area contributed by atoms with Gasteiger partial charge in [0.05, 0.1) is 6.54 Å². The summed E-state index contributed by atoms with van der Waals surface area (Å²) >= 11 is 1.82. The van der Waals surface area contributed by atoms with Crippen LogP contribution in [0.2, 0.25) is 0 Å². The average molecular weight is 263 g/mol. The van der Waals surface area contributed by atoms with Crippen molar-refractivity contribution in [1.82, 2.24) is 9.97 Å². The molecule has 96 valence electrons. The molecule has 0 atom stereocenters. The molecule has 0 fully saturated rings. The molecule has 0 saturated heterocycles. The van der Waals surface area contributed by atoms with Crippen molar-refractivity contribution < 1.29 is 0 Å². The number of thiophene rings is 1. The molecule has 0 spiro atoms. The summed E-state index contributed by atoms with van der Waals surface area (Å²) in [6.07, 6.45) is 1.08. The van der Waals surface area contributed by atoms with Crippen LogP contribution in [0.1, 0.15) is 22.5 Å². The number of nitrogens with zero attached hydrogens (tertiary/aromatic N) is 2. The molecule has 0 radical (unpaired) electrons. The number of rotatable bonds is 5. The Hall–Kier alpha value is -1.66. The van der Waals surface area contributed by atoms with Gasteiger partial charge in [-0.05, 0) is 25.5 Å². The Labute approximate surface area is 110 Å². The van der Waals surface area contributed by atoms with Gasteiger partial charge in [0.25, 0.3) is 0 Å². The third-order valence-corrected chi connectivity index (χ3v) is 3.72. The molecule has 2 aromatic heterocycles. The van der Waals surface area contributed by atoms with Crippen molar-refractivity contribution in [2.24, 2.45) is 5.84 Å². The fourth-order valence-electron chi connectivity index (χ4n) is 1.62. The molecule has 0 aliphatic rings. The second-order valence-electron chi connectivity index (χ2n) is 3.91. The van der Waals surface area contributed by atoms with Crippen molar-refractivity contribution in [3.63, 3.8) is 0 Å². The van der Waals surface area contributed by atoms with E-state index in [1.54, 1.807) is 6.07 Å². The number of nitrogens with one attached hydrogen (secondary N) is 2. The number of aryl methyl sites for hydroxylation is 2.